The molecule has 1 aromatic heterocycles. The fourth-order valence-electron chi connectivity index (χ4n) is 4.37. The molecule has 9 heteroatoms. The van der Waals surface area contributed by atoms with Gasteiger partial charge in [-0.3, -0.25) is 9.59 Å². The largest absolute Gasteiger partial charge is 0.381 e. The second-order valence-electron chi connectivity index (χ2n) is 9.14. The number of benzene rings is 2. The minimum atomic E-state index is -0.220. The van der Waals surface area contributed by atoms with Crippen LogP contribution in [-0.2, 0) is 14.3 Å². The van der Waals surface area contributed by atoms with Crippen LogP contribution < -0.4 is 11.1 Å². The summed E-state index contributed by atoms with van der Waals surface area (Å²) in [5.74, 6) is -0.310. The quantitative estimate of drug-likeness (QED) is 0.220. The molecule has 2 amide bonds. The number of nitrogens with two attached hydrogens (primary N) is 1. The van der Waals surface area contributed by atoms with Gasteiger partial charge in [0.2, 0.25) is 12.3 Å². The van der Waals surface area contributed by atoms with E-state index < -0.39 is 0 Å². The van der Waals surface area contributed by atoms with E-state index in [1.165, 1.54) is 6.07 Å². The number of halogens is 1. The molecule has 7 nitrogen and oxygen atoms in total. The second kappa shape index (κ2) is 17.7. The standard InChI is InChI=1S/C18H15FN2OS.C10H22N2O2.C2H6/c19-15-8-7-14(12-4-1-2-5-13(12)15)16-10-23-18(20-16)17-6-3-9-21(17)11-22;1-3-6-14-7-4-5-9(2)12-10(13)8-11;1-2/h1-2,4-5,7-8,10-11,17H,3,6,9H2;9H,3-8,11H2,1-2H3,(H,12,13);1-2H3/t17-;;/m0../s1. The van der Waals surface area contributed by atoms with Crippen molar-refractivity contribution in [2.24, 2.45) is 5.73 Å². The molecule has 1 fully saturated rings. The van der Waals surface area contributed by atoms with E-state index in [9.17, 15) is 14.0 Å². The Morgan fingerprint density at radius 2 is 2.00 bits per heavy atom. The van der Waals surface area contributed by atoms with E-state index in [-0.39, 0.29) is 30.4 Å². The summed E-state index contributed by atoms with van der Waals surface area (Å²) in [5.41, 5.74) is 6.95. The van der Waals surface area contributed by atoms with Crippen LogP contribution in [0, 0.1) is 5.82 Å². The van der Waals surface area contributed by atoms with Gasteiger partial charge in [-0.05, 0) is 56.5 Å². The molecule has 214 valence electrons. The van der Waals surface area contributed by atoms with Crippen molar-refractivity contribution in [3.63, 3.8) is 0 Å². The number of thiazole rings is 1. The van der Waals surface area contributed by atoms with Gasteiger partial charge in [0.15, 0.2) is 0 Å². The van der Waals surface area contributed by atoms with E-state index in [0.29, 0.717) is 5.39 Å². The lowest BCUT2D eigenvalue weighted by Crippen LogP contribution is -2.37. The van der Waals surface area contributed by atoms with Gasteiger partial charge in [-0.2, -0.15) is 0 Å². The molecule has 2 atom stereocenters. The van der Waals surface area contributed by atoms with Gasteiger partial charge in [-0.15, -0.1) is 11.3 Å². The molecule has 1 saturated heterocycles. The molecule has 2 heterocycles. The predicted molar refractivity (Wildman–Crippen MR) is 158 cm³/mol. The van der Waals surface area contributed by atoms with Gasteiger partial charge in [0, 0.05) is 42.1 Å². The molecule has 1 aliphatic heterocycles. The first-order chi connectivity index (χ1) is 19.0. The van der Waals surface area contributed by atoms with E-state index in [1.807, 2.05) is 49.3 Å². The van der Waals surface area contributed by atoms with Crippen molar-refractivity contribution >= 4 is 34.4 Å². The predicted octanol–water partition coefficient (Wildman–Crippen LogP) is 6.08. The maximum Gasteiger partial charge on any atom is 0.233 e. The molecule has 3 N–H and O–H groups in total. The van der Waals surface area contributed by atoms with Crippen LogP contribution in [0.15, 0.2) is 41.8 Å². The highest BCUT2D eigenvalue weighted by Gasteiger charge is 2.27. The van der Waals surface area contributed by atoms with Crippen molar-refractivity contribution in [2.45, 2.75) is 71.9 Å². The summed E-state index contributed by atoms with van der Waals surface area (Å²) in [6.45, 7) is 10.5. The topological polar surface area (TPSA) is 97.5 Å². The summed E-state index contributed by atoms with van der Waals surface area (Å²) in [6.07, 6.45) is 5.85. The number of nitrogens with zero attached hydrogens (tertiary/aromatic N) is 2. The Morgan fingerprint density at radius 3 is 2.69 bits per heavy atom. The number of carbonyl (C=O) groups is 2. The summed E-state index contributed by atoms with van der Waals surface area (Å²) in [6, 6.07) is 11.0. The summed E-state index contributed by atoms with van der Waals surface area (Å²) >= 11 is 1.57. The third-order valence-corrected chi connectivity index (χ3v) is 7.20. The molecule has 0 saturated carbocycles. The molecule has 0 radical (unpaired) electrons. The lowest BCUT2D eigenvalue weighted by molar-refractivity contribution is -0.120. The normalized spacial score (nSPS) is 15.1. The maximum atomic E-state index is 14.0. The van der Waals surface area contributed by atoms with Crippen molar-refractivity contribution in [1.29, 1.82) is 0 Å². The highest BCUT2D eigenvalue weighted by atomic mass is 32.1. The number of carbonyl (C=O) groups excluding carboxylic acids is 2. The SMILES string of the molecule is CC.CCCOCCCC(C)NC(=O)CN.O=CN1CCC[C@H]1c1nc(-c2ccc(F)c3ccccc23)cs1. The van der Waals surface area contributed by atoms with Crippen LogP contribution in [0.2, 0.25) is 0 Å². The van der Waals surface area contributed by atoms with Crippen LogP contribution in [0.25, 0.3) is 22.0 Å². The Labute approximate surface area is 235 Å². The Morgan fingerprint density at radius 1 is 1.26 bits per heavy atom. The minimum absolute atomic E-state index is 0.0661. The molecule has 2 aromatic carbocycles. The van der Waals surface area contributed by atoms with Gasteiger partial charge in [0.1, 0.15) is 10.8 Å². The molecule has 0 bridgehead atoms. The van der Waals surface area contributed by atoms with Crippen LogP contribution in [0.1, 0.15) is 70.8 Å². The Kier molecular flexibility index (Phi) is 14.6. The Bertz CT molecular complexity index is 1160. The third-order valence-electron chi connectivity index (χ3n) is 6.25. The van der Waals surface area contributed by atoms with E-state index in [1.54, 1.807) is 23.5 Å². The number of likely N-dealkylation sites (tertiary alicyclic amines) is 1. The van der Waals surface area contributed by atoms with Gasteiger partial charge < -0.3 is 20.7 Å². The van der Waals surface area contributed by atoms with Crippen molar-refractivity contribution in [3.8, 4) is 11.3 Å². The number of nitrogens with one attached hydrogen (secondary N) is 1. The van der Waals surface area contributed by atoms with Crippen LogP contribution in [0.4, 0.5) is 4.39 Å². The number of aromatic nitrogens is 1. The van der Waals surface area contributed by atoms with E-state index in [2.05, 4.69) is 12.2 Å². The zero-order valence-electron chi connectivity index (χ0n) is 23.6. The molecule has 0 spiro atoms. The van der Waals surface area contributed by atoms with Crippen molar-refractivity contribution < 1.29 is 18.7 Å². The van der Waals surface area contributed by atoms with Crippen LogP contribution in [-0.4, -0.2) is 54.5 Å². The Balaban J connectivity index is 0.000000290. The highest BCUT2D eigenvalue weighted by Crippen LogP contribution is 2.36. The van der Waals surface area contributed by atoms with Gasteiger partial charge in [0.05, 0.1) is 18.3 Å². The molecule has 4 rings (SSSR count). The first-order valence-electron chi connectivity index (χ1n) is 13.9. The minimum Gasteiger partial charge on any atom is -0.381 e. The summed E-state index contributed by atoms with van der Waals surface area (Å²) in [4.78, 5) is 28.6. The number of hydrogen-bond donors (Lipinski definition) is 2. The molecule has 3 aromatic rings. The fourth-order valence-corrected chi connectivity index (χ4v) is 5.35. The smallest absolute Gasteiger partial charge is 0.233 e. The van der Waals surface area contributed by atoms with Gasteiger partial charge in [0.25, 0.3) is 0 Å². The first kappa shape index (κ1) is 32.3. The maximum absolute atomic E-state index is 14.0. The van der Waals surface area contributed by atoms with Crippen molar-refractivity contribution in [3.05, 3.63) is 52.6 Å². The third kappa shape index (κ3) is 9.67. The number of rotatable bonds is 11. The molecular weight excluding hydrogens is 515 g/mol. The lowest BCUT2D eigenvalue weighted by Gasteiger charge is -2.17. The van der Waals surface area contributed by atoms with E-state index in [0.717, 1.165) is 79.9 Å². The van der Waals surface area contributed by atoms with Crippen molar-refractivity contribution in [1.82, 2.24) is 15.2 Å². The fraction of sp³-hybridized carbons (Fsp3) is 0.500. The summed E-state index contributed by atoms with van der Waals surface area (Å²) in [7, 11) is 0. The average molecular weight is 559 g/mol. The number of ether oxygens (including phenoxy) is 1. The molecular formula is C30H43FN4O3S. The highest BCUT2D eigenvalue weighted by molar-refractivity contribution is 7.10. The zero-order valence-corrected chi connectivity index (χ0v) is 24.4. The zero-order chi connectivity index (χ0) is 28.6. The van der Waals surface area contributed by atoms with Crippen LogP contribution in [0.5, 0.6) is 0 Å². The van der Waals surface area contributed by atoms with Crippen LogP contribution in [0.3, 0.4) is 0 Å². The second-order valence-corrected chi connectivity index (χ2v) is 10.0. The average Bonchev–Trinajstić information content (AvgIpc) is 3.64. The molecule has 39 heavy (non-hydrogen) atoms. The number of amides is 2. The van der Waals surface area contributed by atoms with E-state index in [4.69, 9.17) is 15.5 Å². The van der Waals surface area contributed by atoms with Crippen molar-refractivity contribution in [2.75, 3.05) is 26.3 Å². The Hall–Kier alpha value is -2.88. The lowest BCUT2D eigenvalue weighted by atomic mass is 10.0. The molecule has 1 aliphatic rings. The number of hydrogen-bond acceptors (Lipinski definition) is 6. The van der Waals surface area contributed by atoms with Crippen LogP contribution >= 0.6 is 11.3 Å². The number of fused-ring (bicyclic) bond motifs is 1. The van der Waals surface area contributed by atoms with Gasteiger partial charge in [-0.1, -0.05) is 45.0 Å². The van der Waals surface area contributed by atoms with Gasteiger partial charge in [-0.25, -0.2) is 9.37 Å². The first-order valence-corrected chi connectivity index (χ1v) is 14.8. The van der Waals surface area contributed by atoms with Gasteiger partial charge >= 0.3 is 0 Å². The van der Waals surface area contributed by atoms with E-state index >= 15 is 0 Å². The monoisotopic (exact) mass is 558 g/mol. The summed E-state index contributed by atoms with van der Waals surface area (Å²) in [5, 5.41) is 7.22. The summed E-state index contributed by atoms with van der Waals surface area (Å²) < 4.78 is 19.3. The molecule has 0 aliphatic carbocycles. The molecule has 1 unspecified atom stereocenters.